The maximum absolute atomic E-state index is 12.1. The van der Waals surface area contributed by atoms with Crippen molar-refractivity contribution in [3.8, 4) is 11.4 Å². The van der Waals surface area contributed by atoms with Crippen LogP contribution in [0.2, 0.25) is 0 Å². The molecule has 0 saturated carbocycles. The minimum Gasteiger partial charge on any atom is -0.379 e. The number of ketones is 1. The lowest BCUT2D eigenvalue weighted by Gasteiger charge is -2.08. The topological polar surface area (TPSA) is 145 Å². The molecule has 11 nitrogen and oxygen atoms in total. The van der Waals surface area contributed by atoms with Gasteiger partial charge in [0.05, 0.1) is 19.8 Å². The summed E-state index contributed by atoms with van der Waals surface area (Å²) in [6, 6.07) is 15.0. The summed E-state index contributed by atoms with van der Waals surface area (Å²) in [6.45, 7) is 4.50. The zero-order valence-electron chi connectivity index (χ0n) is 22.8. The fourth-order valence-electron chi connectivity index (χ4n) is 3.68. The Hall–Kier alpha value is -4.09. The highest BCUT2D eigenvalue weighted by Crippen LogP contribution is 2.13. The van der Waals surface area contributed by atoms with E-state index in [0.29, 0.717) is 64.6 Å². The van der Waals surface area contributed by atoms with Gasteiger partial charge < -0.3 is 20.1 Å². The van der Waals surface area contributed by atoms with Gasteiger partial charge in [-0.25, -0.2) is 0 Å². The van der Waals surface area contributed by atoms with Crippen LogP contribution in [0, 0.1) is 6.92 Å². The molecule has 0 atom stereocenters. The molecule has 0 radical (unpaired) electrons. The van der Waals surface area contributed by atoms with Gasteiger partial charge in [0.2, 0.25) is 17.6 Å². The second-order valence-corrected chi connectivity index (χ2v) is 9.16. The van der Waals surface area contributed by atoms with Gasteiger partial charge in [-0.3, -0.25) is 14.4 Å². The summed E-state index contributed by atoms with van der Waals surface area (Å²) in [7, 11) is 0. The van der Waals surface area contributed by atoms with Crippen molar-refractivity contribution in [3.05, 3.63) is 71.5 Å². The third kappa shape index (κ3) is 11.7. The first-order valence-corrected chi connectivity index (χ1v) is 13.4. The normalized spacial score (nSPS) is 10.7. The number of hydrogen-bond donors (Lipinski definition) is 2. The van der Waals surface area contributed by atoms with Crippen LogP contribution in [0.15, 0.2) is 54.9 Å². The summed E-state index contributed by atoms with van der Waals surface area (Å²) in [5, 5.41) is 20.9. The van der Waals surface area contributed by atoms with Crippen LogP contribution >= 0.6 is 0 Å². The largest absolute Gasteiger partial charge is 0.379 e. The summed E-state index contributed by atoms with van der Waals surface area (Å²) in [6.07, 6.45) is 3.38. The highest BCUT2D eigenvalue weighted by atomic mass is 16.5. The zero-order valence-corrected chi connectivity index (χ0v) is 22.8. The third-order valence-electron chi connectivity index (χ3n) is 5.92. The van der Waals surface area contributed by atoms with Crippen LogP contribution in [0.4, 0.5) is 0 Å². The average Bonchev–Trinajstić information content (AvgIpc) is 2.98. The average molecular weight is 549 g/mol. The van der Waals surface area contributed by atoms with Gasteiger partial charge in [0, 0.05) is 50.1 Å². The number of nitrogens with one attached hydrogen (secondary N) is 2. The van der Waals surface area contributed by atoms with E-state index < -0.39 is 0 Å². The summed E-state index contributed by atoms with van der Waals surface area (Å²) in [4.78, 5) is 36.2. The molecule has 0 saturated heterocycles. The van der Waals surface area contributed by atoms with E-state index in [2.05, 4.69) is 31.0 Å². The maximum atomic E-state index is 12.1. The molecule has 3 aromatic rings. The first kappa shape index (κ1) is 30.5. The standard InChI is InChI=1S/C29H36N6O5/c1-22-7-11-24(12-8-22)26(36)4-3-16-39-18-19-40-17-15-30-27(37)5-2-6-28(38)31-20-23-9-13-25(14-10-23)29-34-32-21-33-35-29/h7-14,21H,2-6,15-20H2,1H3,(H,30,37)(H,31,38). The SMILES string of the molecule is Cc1ccc(C(=O)CCCOCCOCCNC(=O)CCCC(=O)NCc2ccc(-c3nncnn3)cc2)cc1. The van der Waals surface area contributed by atoms with Crippen LogP contribution in [0.5, 0.6) is 0 Å². The molecule has 0 aliphatic heterocycles. The number of aryl methyl sites for hydroxylation is 1. The Kier molecular flexibility index (Phi) is 13.3. The number of Topliss-reactive ketones (excluding diaryl/α,β-unsaturated/α-hetero) is 1. The van der Waals surface area contributed by atoms with Crippen molar-refractivity contribution in [2.45, 2.75) is 45.6 Å². The number of amides is 2. The minimum absolute atomic E-state index is 0.112. The summed E-state index contributed by atoms with van der Waals surface area (Å²) < 4.78 is 11.0. The van der Waals surface area contributed by atoms with E-state index in [-0.39, 0.29) is 30.4 Å². The van der Waals surface area contributed by atoms with Crippen molar-refractivity contribution in [2.24, 2.45) is 0 Å². The number of rotatable bonds is 18. The molecule has 0 aliphatic rings. The van der Waals surface area contributed by atoms with E-state index in [1.165, 1.54) is 6.33 Å². The lowest BCUT2D eigenvalue weighted by molar-refractivity contribution is -0.122. The first-order valence-electron chi connectivity index (χ1n) is 13.4. The van der Waals surface area contributed by atoms with Crippen LogP contribution in [0.25, 0.3) is 11.4 Å². The third-order valence-corrected chi connectivity index (χ3v) is 5.92. The Balaban J connectivity index is 1.12. The molecule has 0 bridgehead atoms. The summed E-state index contributed by atoms with van der Waals surface area (Å²) in [5.41, 5.74) is 3.59. The molecule has 0 spiro atoms. The second kappa shape index (κ2) is 17.5. The Bertz CT molecular complexity index is 1190. The molecular formula is C29H36N6O5. The fraction of sp³-hybridized carbons (Fsp3) is 0.414. The second-order valence-electron chi connectivity index (χ2n) is 9.16. The van der Waals surface area contributed by atoms with Crippen LogP contribution < -0.4 is 10.6 Å². The summed E-state index contributed by atoms with van der Waals surface area (Å²) >= 11 is 0. The van der Waals surface area contributed by atoms with Crippen molar-refractivity contribution >= 4 is 17.6 Å². The van der Waals surface area contributed by atoms with E-state index >= 15 is 0 Å². The highest BCUT2D eigenvalue weighted by molar-refractivity contribution is 5.96. The van der Waals surface area contributed by atoms with Gasteiger partial charge in [0.1, 0.15) is 0 Å². The van der Waals surface area contributed by atoms with Crippen LogP contribution in [0.1, 0.15) is 53.6 Å². The van der Waals surface area contributed by atoms with Crippen molar-refractivity contribution in [3.63, 3.8) is 0 Å². The Labute approximate surface area is 234 Å². The number of ether oxygens (including phenoxy) is 2. The lowest BCUT2D eigenvalue weighted by atomic mass is 10.1. The van der Waals surface area contributed by atoms with Crippen LogP contribution in [-0.4, -0.2) is 71.0 Å². The van der Waals surface area contributed by atoms with E-state index in [0.717, 1.165) is 22.3 Å². The molecule has 0 unspecified atom stereocenters. The molecule has 2 aromatic carbocycles. The molecule has 212 valence electrons. The van der Waals surface area contributed by atoms with Crippen molar-refractivity contribution in [1.29, 1.82) is 0 Å². The Morgan fingerprint density at radius 2 is 1.38 bits per heavy atom. The zero-order chi connectivity index (χ0) is 28.4. The number of aromatic nitrogens is 4. The van der Waals surface area contributed by atoms with Crippen molar-refractivity contribution in [1.82, 2.24) is 31.0 Å². The van der Waals surface area contributed by atoms with E-state index in [1.807, 2.05) is 55.5 Å². The van der Waals surface area contributed by atoms with Gasteiger partial charge in [-0.1, -0.05) is 54.1 Å². The molecule has 1 heterocycles. The smallest absolute Gasteiger partial charge is 0.220 e. The van der Waals surface area contributed by atoms with Crippen molar-refractivity contribution in [2.75, 3.05) is 33.0 Å². The molecule has 11 heteroatoms. The number of carbonyl (C=O) groups excluding carboxylic acids is 3. The van der Waals surface area contributed by atoms with Gasteiger partial charge in [-0.15, -0.1) is 20.4 Å². The predicted octanol–water partition coefficient (Wildman–Crippen LogP) is 2.84. The van der Waals surface area contributed by atoms with Crippen LogP contribution in [-0.2, 0) is 25.6 Å². The number of carbonyl (C=O) groups is 3. The minimum atomic E-state index is -0.117. The monoisotopic (exact) mass is 548 g/mol. The molecule has 0 aliphatic carbocycles. The molecule has 40 heavy (non-hydrogen) atoms. The van der Waals surface area contributed by atoms with Crippen molar-refractivity contribution < 1.29 is 23.9 Å². The molecule has 1 aromatic heterocycles. The Morgan fingerprint density at radius 3 is 2.08 bits per heavy atom. The van der Waals surface area contributed by atoms with E-state index in [4.69, 9.17) is 9.47 Å². The van der Waals surface area contributed by atoms with Gasteiger partial charge in [0.15, 0.2) is 12.1 Å². The summed E-state index contributed by atoms with van der Waals surface area (Å²) in [5.74, 6) is 0.328. The van der Waals surface area contributed by atoms with Gasteiger partial charge in [0.25, 0.3) is 0 Å². The maximum Gasteiger partial charge on any atom is 0.220 e. The first-order chi connectivity index (χ1) is 19.5. The van der Waals surface area contributed by atoms with E-state index in [1.54, 1.807) is 0 Å². The molecule has 2 amide bonds. The van der Waals surface area contributed by atoms with Gasteiger partial charge in [-0.2, -0.15) is 0 Å². The number of hydrogen-bond acceptors (Lipinski definition) is 9. The fourth-order valence-corrected chi connectivity index (χ4v) is 3.68. The molecule has 3 rings (SSSR count). The van der Waals surface area contributed by atoms with Gasteiger partial charge >= 0.3 is 0 Å². The number of benzene rings is 2. The number of nitrogens with zero attached hydrogens (tertiary/aromatic N) is 4. The highest BCUT2D eigenvalue weighted by Gasteiger charge is 2.07. The predicted molar refractivity (Wildman–Crippen MR) is 148 cm³/mol. The molecular weight excluding hydrogens is 512 g/mol. The van der Waals surface area contributed by atoms with E-state index in [9.17, 15) is 14.4 Å². The quantitative estimate of drug-likeness (QED) is 0.181. The Morgan fingerprint density at radius 1 is 0.725 bits per heavy atom. The lowest BCUT2D eigenvalue weighted by Crippen LogP contribution is -2.28. The molecule has 2 N–H and O–H groups in total. The van der Waals surface area contributed by atoms with Crippen LogP contribution in [0.3, 0.4) is 0 Å². The molecule has 0 fully saturated rings. The van der Waals surface area contributed by atoms with Gasteiger partial charge in [-0.05, 0) is 25.3 Å².